The second kappa shape index (κ2) is 7.05. The van der Waals surface area contributed by atoms with Crippen molar-refractivity contribution < 1.29 is 4.79 Å². The van der Waals surface area contributed by atoms with E-state index in [4.69, 9.17) is 17.0 Å². The Labute approximate surface area is 135 Å². The van der Waals surface area contributed by atoms with Gasteiger partial charge >= 0.3 is 0 Å². The first-order chi connectivity index (χ1) is 10.5. The fourth-order valence-electron chi connectivity index (χ4n) is 2.04. The summed E-state index contributed by atoms with van der Waals surface area (Å²) in [6.07, 6.45) is 1.69. The van der Waals surface area contributed by atoms with Crippen molar-refractivity contribution in [2.45, 2.75) is 13.5 Å². The van der Waals surface area contributed by atoms with Crippen LogP contribution >= 0.6 is 11.6 Å². The topological polar surface area (TPSA) is 53.0 Å². The van der Waals surface area contributed by atoms with Crippen LogP contribution in [0.15, 0.2) is 49.0 Å². The van der Waals surface area contributed by atoms with Gasteiger partial charge in [0.25, 0.3) is 5.91 Å². The Morgan fingerprint density at radius 2 is 1.86 bits per heavy atom. The Morgan fingerprint density at radius 1 is 1.23 bits per heavy atom. The first kappa shape index (κ1) is 16.0. The molecule has 2 aromatic carbocycles. The Hall–Kier alpha value is -2.39. The third-order valence-corrected chi connectivity index (χ3v) is 3.81. The molecular weight excluding hydrogens is 296 g/mol. The van der Waals surface area contributed by atoms with Crippen molar-refractivity contribution in [1.29, 1.82) is 5.41 Å². The third-order valence-electron chi connectivity index (χ3n) is 3.35. The highest BCUT2D eigenvalue weighted by Crippen LogP contribution is 2.22. The highest BCUT2D eigenvalue weighted by Gasteiger charge is 2.08. The van der Waals surface area contributed by atoms with Crippen molar-refractivity contribution in [1.82, 2.24) is 5.32 Å². The molecule has 0 aromatic heterocycles. The lowest BCUT2D eigenvalue weighted by molar-refractivity contribution is 0.0951. The monoisotopic (exact) mass is 312 g/mol. The highest BCUT2D eigenvalue weighted by molar-refractivity contribution is 6.32. The zero-order valence-electron chi connectivity index (χ0n) is 12.3. The van der Waals surface area contributed by atoms with E-state index in [1.165, 1.54) is 0 Å². The van der Waals surface area contributed by atoms with E-state index < -0.39 is 0 Å². The van der Waals surface area contributed by atoms with E-state index in [2.05, 4.69) is 11.9 Å². The van der Waals surface area contributed by atoms with Crippen LogP contribution in [0, 0.1) is 5.41 Å². The summed E-state index contributed by atoms with van der Waals surface area (Å²) in [6, 6.07) is 12.6. The quantitative estimate of drug-likeness (QED) is 0.795. The lowest BCUT2D eigenvalue weighted by atomic mass is 10.1. The molecule has 0 aliphatic heterocycles. The summed E-state index contributed by atoms with van der Waals surface area (Å²) in [7, 11) is 0. The Balaban J connectivity index is 2.07. The predicted octanol–water partition coefficient (Wildman–Crippen LogP) is 4.30. The number of benzene rings is 2. The van der Waals surface area contributed by atoms with Gasteiger partial charge in [-0.2, -0.15) is 0 Å². The zero-order valence-corrected chi connectivity index (χ0v) is 13.1. The van der Waals surface area contributed by atoms with Crippen LogP contribution in [0.2, 0.25) is 5.02 Å². The first-order valence-corrected chi connectivity index (χ1v) is 7.24. The summed E-state index contributed by atoms with van der Waals surface area (Å²) in [5, 5.41) is 11.0. The van der Waals surface area contributed by atoms with Gasteiger partial charge in [-0.15, -0.1) is 0 Å². The SMILES string of the molecule is C=Cc1cccc(CNC(=O)c2ccc(C(C)=N)cc2)c1Cl. The molecule has 0 unspecified atom stereocenters. The van der Waals surface area contributed by atoms with Gasteiger partial charge in [0.1, 0.15) is 0 Å². The summed E-state index contributed by atoms with van der Waals surface area (Å²) < 4.78 is 0. The highest BCUT2D eigenvalue weighted by atomic mass is 35.5. The third kappa shape index (κ3) is 3.62. The van der Waals surface area contributed by atoms with Gasteiger partial charge in [-0.1, -0.05) is 54.6 Å². The van der Waals surface area contributed by atoms with Crippen LogP contribution in [0.4, 0.5) is 0 Å². The van der Waals surface area contributed by atoms with Gasteiger partial charge in [-0.3, -0.25) is 4.79 Å². The molecule has 0 saturated heterocycles. The first-order valence-electron chi connectivity index (χ1n) is 6.86. The van der Waals surface area contributed by atoms with Crippen LogP contribution in [0.3, 0.4) is 0 Å². The molecule has 0 saturated carbocycles. The Kier molecular flexibility index (Phi) is 5.12. The smallest absolute Gasteiger partial charge is 0.251 e. The minimum atomic E-state index is -0.172. The molecule has 0 bridgehead atoms. The molecule has 2 aromatic rings. The molecule has 112 valence electrons. The molecule has 0 aliphatic rings. The Bertz CT molecular complexity index is 720. The maximum atomic E-state index is 12.1. The van der Waals surface area contributed by atoms with Gasteiger partial charge in [0, 0.05) is 17.8 Å². The standard InChI is InChI=1S/C18H17ClN2O/c1-3-13-5-4-6-16(17(13)19)11-21-18(22)15-9-7-14(8-10-15)12(2)20/h3-10,20H,1,11H2,2H3,(H,21,22). The van der Waals surface area contributed by atoms with E-state index in [1.807, 2.05) is 18.2 Å². The molecule has 0 atom stereocenters. The summed E-state index contributed by atoms with van der Waals surface area (Å²) in [5.41, 5.74) is 3.53. The molecule has 0 aliphatic carbocycles. The van der Waals surface area contributed by atoms with Crippen LogP contribution in [0.25, 0.3) is 6.08 Å². The van der Waals surface area contributed by atoms with Crippen molar-refractivity contribution in [2.24, 2.45) is 0 Å². The Morgan fingerprint density at radius 3 is 2.45 bits per heavy atom. The van der Waals surface area contributed by atoms with Gasteiger partial charge in [-0.25, -0.2) is 0 Å². The van der Waals surface area contributed by atoms with Crippen molar-refractivity contribution >= 4 is 29.3 Å². The average Bonchev–Trinajstić information content (AvgIpc) is 2.53. The number of carbonyl (C=O) groups is 1. The molecular formula is C18H17ClN2O. The van der Waals surface area contributed by atoms with E-state index in [0.717, 1.165) is 16.7 Å². The van der Waals surface area contributed by atoms with E-state index >= 15 is 0 Å². The van der Waals surface area contributed by atoms with Crippen LogP contribution in [-0.4, -0.2) is 11.6 Å². The maximum absolute atomic E-state index is 12.1. The number of rotatable bonds is 5. The van der Waals surface area contributed by atoms with Gasteiger partial charge in [-0.05, 0) is 35.7 Å². The number of carbonyl (C=O) groups excluding carboxylic acids is 1. The summed E-state index contributed by atoms with van der Waals surface area (Å²) in [4.78, 5) is 12.1. The molecule has 4 heteroatoms. The van der Waals surface area contributed by atoms with E-state index in [1.54, 1.807) is 37.3 Å². The predicted molar refractivity (Wildman–Crippen MR) is 91.7 cm³/mol. The second-order valence-electron chi connectivity index (χ2n) is 4.91. The normalized spacial score (nSPS) is 10.1. The van der Waals surface area contributed by atoms with Crippen molar-refractivity contribution in [2.75, 3.05) is 0 Å². The lowest BCUT2D eigenvalue weighted by Gasteiger charge is -2.09. The minimum Gasteiger partial charge on any atom is -0.348 e. The number of hydrogen-bond acceptors (Lipinski definition) is 2. The largest absolute Gasteiger partial charge is 0.348 e. The molecule has 0 spiro atoms. The molecule has 0 fully saturated rings. The fourth-order valence-corrected chi connectivity index (χ4v) is 2.31. The average molecular weight is 313 g/mol. The van der Waals surface area contributed by atoms with E-state index in [0.29, 0.717) is 22.8 Å². The summed E-state index contributed by atoms with van der Waals surface area (Å²) in [5.74, 6) is -0.172. The number of amides is 1. The fraction of sp³-hybridized carbons (Fsp3) is 0.111. The van der Waals surface area contributed by atoms with E-state index in [-0.39, 0.29) is 5.91 Å². The van der Waals surface area contributed by atoms with Crippen molar-refractivity contribution in [3.63, 3.8) is 0 Å². The minimum absolute atomic E-state index is 0.172. The molecule has 0 heterocycles. The number of hydrogen-bond donors (Lipinski definition) is 2. The number of halogens is 1. The van der Waals surface area contributed by atoms with Gasteiger partial charge in [0.2, 0.25) is 0 Å². The molecule has 2 rings (SSSR count). The second-order valence-corrected chi connectivity index (χ2v) is 5.29. The van der Waals surface area contributed by atoms with Crippen LogP contribution in [-0.2, 0) is 6.54 Å². The zero-order chi connectivity index (χ0) is 16.1. The van der Waals surface area contributed by atoms with Gasteiger partial charge < -0.3 is 10.7 Å². The van der Waals surface area contributed by atoms with Crippen LogP contribution < -0.4 is 5.32 Å². The van der Waals surface area contributed by atoms with Crippen LogP contribution in [0.5, 0.6) is 0 Å². The van der Waals surface area contributed by atoms with Gasteiger partial charge in [0.15, 0.2) is 0 Å². The molecule has 2 N–H and O–H groups in total. The summed E-state index contributed by atoms with van der Waals surface area (Å²) >= 11 is 6.25. The van der Waals surface area contributed by atoms with Crippen molar-refractivity contribution in [3.05, 3.63) is 76.3 Å². The van der Waals surface area contributed by atoms with E-state index in [9.17, 15) is 4.79 Å². The molecule has 0 radical (unpaired) electrons. The van der Waals surface area contributed by atoms with Crippen molar-refractivity contribution in [3.8, 4) is 0 Å². The molecule has 1 amide bonds. The van der Waals surface area contributed by atoms with Crippen LogP contribution in [0.1, 0.15) is 34.0 Å². The van der Waals surface area contributed by atoms with Gasteiger partial charge in [0.05, 0.1) is 5.02 Å². The lowest BCUT2D eigenvalue weighted by Crippen LogP contribution is -2.23. The summed E-state index contributed by atoms with van der Waals surface area (Å²) in [6.45, 7) is 5.77. The number of nitrogens with one attached hydrogen (secondary N) is 2. The molecule has 22 heavy (non-hydrogen) atoms. The molecule has 3 nitrogen and oxygen atoms in total. The maximum Gasteiger partial charge on any atom is 0.251 e.